The molecule has 0 saturated heterocycles. The van der Waals surface area contributed by atoms with E-state index >= 15 is 0 Å². The molecule has 0 radical (unpaired) electrons. The highest BCUT2D eigenvalue weighted by Crippen LogP contribution is 2.44. The van der Waals surface area contributed by atoms with Crippen molar-refractivity contribution in [3.8, 4) is 11.1 Å². The van der Waals surface area contributed by atoms with E-state index in [4.69, 9.17) is 9.47 Å². The third-order valence-corrected chi connectivity index (χ3v) is 7.47. The second kappa shape index (κ2) is 10.2. The molecule has 184 valence electrons. The van der Waals surface area contributed by atoms with Gasteiger partial charge < -0.3 is 20.1 Å². The summed E-state index contributed by atoms with van der Waals surface area (Å²) in [5.41, 5.74) is 4.58. The predicted molar refractivity (Wildman–Crippen MR) is 131 cm³/mol. The average molecular weight is 477 g/mol. The molecule has 0 aliphatic heterocycles. The molecular formula is C28H32N2O5. The highest BCUT2D eigenvalue weighted by Gasteiger charge is 2.42. The summed E-state index contributed by atoms with van der Waals surface area (Å²) in [6.45, 7) is 1.45. The van der Waals surface area contributed by atoms with Crippen molar-refractivity contribution in [1.82, 2.24) is 10.6 Å². The van der Waals surface area contributed by atoms with Gasteiger partial charge >= 0.3 is 12.1 Å². The number of carbonyl (C=O) groups excluding carboxylic acids is 3. The molecule has 2 fully saturated rings. The summed E-state index contributed by atoms with van der Waals surface area (Å²) in [5.74, 6) is -0.304. The van der Waals surface area contributed by atoms with Crippen molar-refractivity contribution in [1.29, 1.82) is 0 Å². The molecule has 0 bridgehead atoms. The second-order valence-corrected chi connectivity index (χ2v) is 9.86. The molecule has 0 aromatic heterocycles. The van der Waals surface area contributed by atoms with E-state index in [0.29, 0.717) is 18.2 Å². The van der Waals surface area contributed by atoms with Crippen LogP contribution < -0.4 is 10.6 Å². The Labute approximate surface area is 205 Å². The summed E-state index contributed by atoms with van der Waals surface area (Å²) in [6.07, 6.45) is 4.20. The van der Waals surface area contributed by atoms with Gasteiger partial charge in [0.15, 0.2) is 12.4 Å². The Morgan fingerprint density at radius 3 is 2.14 bits per heavy atom. The van der Waals surface area contributed by atoms with Crippen molar-refractivity contribution in [3.05, 3.63) is 59.7 Å². The number of ether oxygens (including phenoxy) is 2. The minimum absolute atomic E-state index is 0.0612. The SMILES string of the molecule is CC(=O)OC(C=O)[C@H](NC(=O)OCC1c2ccccc2-c2ccccc21)C(NC1CC1)C1CCC1. The number of fused-ring (bicyclic) bond motifs is 3. The van der Waals surface area contributed by atoms with Crippen molar-refractivity contribution in [3.63, 3.8) is 0 Å². The molecule has 0 spiro atoms. The van der Waals surface area contributed by atoms with E-state index in [1.54, 1.807) is 0 Å². The normalized spacial score (nSPS) is 19.5. The van der Waals surface area contributed by atoms with E-state index in [1.807, 2.05) is 24.3 Å². The van der Waals surface area contributed by atoms with Crippen molar-refractivity contribution in [2.75, 3.05) is 6.61 Å². The summed E-state index contributed by atoms with van der Waals surface area (Å²) in [4.78, 5) is 36.7. The van der Waals surface area contributed by atoms with E-state index in [2.05, 4.69) is 34.9 Å². The third kappa shape index (κ3) is 5.10. The lowest BCUT2D eigenvalue weighted by atomic mass is 9.76. The van der Waals surface area contributed by atoms with Gasteiger partial charge in [-0.3, -0.25) is 9.59 Å². The highest BCUT2D eigenvalue weighted by molar-refractivity contribution is 5.79. The Morgan fingerprint density at radius 2 is 1.63 bits per heavy atom. The molecule has 2 N–H and O–H groups in total. The molecule has 7 nitrogen and oxygen atoms in total. The van der Waals surface area contributed by atoms with Gasteiger partial charge in [-0.2, -0.15) is 0 Å². The molecule has 3 aliphatic carbocycles. The number of hydrogen-bond donors (Lipinski definition) is 2. The van der Waals surface area contributed by atoms with Gasteiger partial charge in [-0.15, -0.1) is 0 Å². The van der Waals surface area contributed by atoms with E-state index in [9.17, 15) is 14.4 Å². The molecule has 35 heavy (non-hydrogen) atoms. The molecule has 3 atom stereocenters. The minimum atomic E-state index is -1.08. The first kappa shape index (κ1) is 23.5. The average Bonchev–Trinajstić information content (AvgIpc) is 3.59. The van der Waals surface area contributed by atoms with Gasteiger partial charge in [0.25, 0.3) is 0 Å². The largest absolute Gasteiger partial charge is 0.453 e. The van der Waals surface area contributed by atoms with Crippen LogP contribution in [-0.4, -0.2) is 49.2 Å². The van der Waals surface area contributed by atoms with E-state index < -0.39 is 24.2 Å². The first-order valence-corrected chi connectivity index (χ1v) is 12.5. The van der Waals surface area contributed by atoms with Crippen LogP contribution in [0.3, 0.4) is 0 Å². The lowest BCUT2D eigenvalue weighted by molar-refractivity contribution is -0.151. The van der Waals surface area contributed by atoms with Crippen LogP contribution in [0, 0.1) is 5.92 Å². The van der Waals surface area contributed by atoms with Crippen molar-refractivity contribution < 1.29 is 23.9 Å². The third-order valence-electron chi connectivity index (χ3n) is 7.47. The molecule has 2 saturated carbocycles. The number of aldehydes is 1. The van der Waals surface area contributed by atoms with Gasteiger partial charge in [0.2, 0.25) is 0 Å². The molecule has 7 heteroatoms. The Morgan fingerprint density at radius 1 is 1.00 bits per heavy atom. The van der Waals surface area contributed by atoms with Gasteiger partial charge in [0.05, 0.1) is 6.04 Å². The van der Waals surface area contributed by atoms with Crippen LogP contribution in [-0.2, 0) is 19.1 Å². The summed E-state index contributed by atoms with van der Waals surface area (Å²) < 4.78 is 11.1. The van der Waals surface area contributed by atoms with Crippen LogP contribution in [0.25, 0.3) is 11.1 Å². The lowest BCUT2D eigenvalue weighted by Gasteiger charge is -2.41. The Bertz CT molecular complexity index is 1050. The number of hydrogen-bond acceptors (Lipinski definition) is 6. The van der Waals surface area contributed by atoms with E-state index in [1.165, 1.54) is 6.92 Å². The lowest BCUT2D eigenvalue weighted by Crippen LogP contribution is -2.61. The zero-order valence-electron chi connectivity index (χ0n) is 19.9. The van der Waals surface area contributed by atoms with Crippen LogP contribution in [0.1, 0.15) is 56.1 Å². The molecule has 1 amide bonds. The second-order valence-electron chi connectivity index (χ2n) is 9.86. The van der Waals surface area contributed by atoms with Gasteiger partial charge in [0.1, 0.15) is 6.61 Å². The number of carbonyl (C=O) groups is 3. The molecule has 0 heterocycles. The summed E-state index contributed by atoms with van der Waals surface area (Å²) in [5, 5.41) is 6.48. The molecule has 5 rings (SSSR count). The quantitative estimate of drug-likeness (QED) is 0.399. The maximum atomic E-state index is 13.1. The fourth-order valence-corrected chi connectivity index (χ4v) is 5.38. The topological polar surface area (TPSA) is 93.7 Å². The maximum absolute atomic E-state index is 13.1. The highest BCUT2D eigenvalue weighted by atomic mass is 16.6. The maximum Gasteiger partial charge on any atom is 0.407 e. The molecule has 2 aromatic rings. The van der Waals surface area contributed by atoms with Gasteiger partial charge in [-0.1, -0.05) is 55.0 Å². The Balaban J connectivity index is 1.32. The fourth-order valence-electron chi connectivity index (χ4n) is 5.38. The summed E-state index contributed by atoms with van der Waals surface area (Å²) in [7, 11) is 0. The number of alkyl carbamates (subject to hydrolysis) is 1. The summed E-state index contributed by atoms with van der Waals surface area (Å²) >= 11 is 0. The first-order chi connectivity index (χ1) is 17.0. The minimum Gasteiger partial charge on any atom is -0.453 e. The first-order valence-electron chi connectivity index (χ1n) is 12.5. The van der Waals surface area contributed by atoms with Crippen molar-refractivity contribution in [2.45, 2.75) is 69.2 Å². The van der Waals surface area contributed by atoms with Gasteiger partial charge in [-0.25, -0.2) is 4.79 Å². The van der Waals surface area contributed by atoms with Crippen LogP contribution in [0.4, 0.5) is 4.79 Å². The zero-order chi connectivity index (χ0) is 24.4. The zero-order valence-corrected chi connectivity index (χ0v) is 19.9. The molecule has 3 aliphatic rings. The molecule has 2 unspecified atom stereocenters. The number of nitrogens with one attached hydrogen (secondary N) is 2. The number of benzene rings is 2. The van der Waals surface area contributed by atoms with Gasteiger partial charge in [0, 0.05) is 24.9 Å². The summed E-state index contributed by atoms with van der Waals surface area (Å²) in [6, 6.07) is 15.8. The van der Waals surface area contributed by atoms with E-state index in [-0.39, 0.29) is 18.6 Å². The predicted octanol–water partition coefficient (Wildman–Crippen LogP) is 3.95. The number of amides is 1. The van der Waals surface area contributed by atoms with Crippen LogP contribution >= 0.6 is 0 Å². The van der Waals surface area contributed by atoms with E-state index in [0.717, 1.165) is 54.4 Å². The smallest absolute Gasteiger partial charge is 0.407 e. The fraction of sp³-hybridized carbons (Fsp3) is 0.464. The van der Waals surface area contributed by atoms with Crippen LogP contribution in [0.5, 0.6) is 0 Å². The van der Waals surface area contributed by atoms with Gasteiger partial charge in [-0.05, 0) is 53.9 Å². The molecular weight excluding hydrogens is 444 g/mol. The Hall–Kier alpha value is -3.19. The van der Waals surface area contributed by atoms with Crippen LogP contribution in [0.2, 0.25) is 0 Å². The van der Waals surface area contributed by atoms with Crippen LogP contribution in [0.15, 0.2) is 48.5 Å². The Kier molecular flexibility index (Phi) is 6.86. The van der Waals surface area contributed by atoms with Crippen molar-refractivity contribution >= 4 is 18.3 Å². The monoisotopic (exact) mass is 476 g/mol. The van der Waals surface area contributed by atoms with Crippen molar-refractivity contribution in [2.24, 2.45) is 5.92 Å². The number of esters is 1. The standard InChI is InChI=1S/C28H32N2O5/c1-17(32)35-25(15-31)27(26(18-7-6-8-18)29-19-13-14-19)30-28(33)34-16-24-22-11-4-2-9-20(22)21-10-3-5-12-23(21)24/h2-5,9-12,15,18-19,24-27,29H,6-8,13-14,16H2,1H3,(H,30,33)/t25?,26?,27-/m0/s1. The number of rotatable bonds is 10. The molecule has 2 aromatic carbocycles.